The van der Waals surface area contributed by atoms with Gasteiger partial charge >= 0.3 is 0 Å². The van der Waals surface area contributed by atoms with Gasteiger partial charge in [0.25, 0.3) is 0 Å². The summed E-state index contributed by atoms with van der Waals surface area (Å²) >= 11 is 12.4. The zero-order valence-electron chi connectivity index (χ0n) is 17.8. The Labute approximate surface area is 192 Å². The molecule has 2 N–H and O–H groups in total. The van der Waals surface area contributed by atoms with Gasteiger partial charge in [-0.3, -0.25) is 10.1 Å². The number of methoxy groups -OCH3 is 3. The van der Waals surface area contributed by atoms with Gasteiger partial charge in [-0.25, -0.2) is 0 Å². The minimum Gasteiger partial charge on any atom is -0.493 e. The number of ether oxygens (including phenoxy) is 3. The fraction of sp³-hybridized carbons (Fsp3) is 0.435. The molecule has 1 saturated heterocycles. The predicted molar refractivity (Wildman–Crippen MR) is 121 cm³/mol. The highest BCUT2D eigenvalue weighted by atomic mass is 35.5. The molecule has 0 bridgehead atoms. The number of halogens is 2. The Hall–Kier alpha value is -1.99. The van der Waals surface area contributed by atoms with Crippen LogP contribution in [0.4, 0.5) is 0 Å². The van der Waals surface area contributed by atoms with Crippen molar-refractivity contribution >= 4 is 29.0 Å². The second kappa shape index (κ2) is 10.1. The molecule has 8 heteroatoms. The van der Waals surface area contributed by atoms with Crippen molar-refractivity contribution in [2.45, 2.75) is 37.3 Å². The number of carbonyl (C=O) groups excluding carboxylic acids is 1. The van der Waals surface area contributed by atoms with Crippen molar-refractivity contribution in [1.82, 2.24) is 5.32 Å². The van der Waals surface area contributed by atoms with E-state index in [1.54, 1.807) is 18.2 Å². The molecule has 31 heavy (non-hydrogen) atoms. The van der Waals surface area contributed by atoms with E-state index in [9.17, 15) is 9.90 Å². The van der Waals surface area contributed by atoms with Gasteiger partial charge in [-0.15, -0.1) is 0 Å². The Morgan fingerprint density at radius 3 is 2.32 bits per heavy atom. The fourth-order valence-corrected chi connectivity index (χ4v) is 4.53. The normalized spacial score (nSPS) is 20.5. The molecule has 0 amide bonds. The van der Waals surface area contributed by atoms with Crippen LogP contribution in [0.15, 0.2) is 30.3 Å². The number of hydrogen-bond acceptors (Lipinski definition) is 6. The Morgan fingerprint density at radius 2 is 1.77 bits per heavy atom. The highest BCUT2D eigenvalue weighted by Gasteiger charge is 2.42. The molecule has 1 aliphatic heterocycles. The average molecular weight is 468 g/mol. The largest absolute Gasteiger partial charge is 0.493 e. The molecule has 1 aliphatic rings. The minimum absolute atomic E-state index is 0.0646. The standard InChI is InChI=1S/C23H27Cl2NO5/c1-29-19-11-14(12-20(30-2)22(19)31-3)21(28)18-7-9-23(26-18,8-4-10-27)15-5-6-16(24)17(25)13-15/h5-6,11-13,18,26-27H,4,7-10H2,1-3H3. The third-order valence-corrected chi connectivity index (χ3v) is 6.55. The maximum Gasteiger partial charge on any atom is 0.203 e. The van der Waals surface area contributed by atoms with E-state index < -0.39 is 11.6 Å². The van der Waals surface area contributed by atoms with Crippen molar-refractivity contribution in [3.05, 3.63) is 51.5 Å². The van der Waals surface area contributed by atoms with Gasteiger partial charge in [-0.2, -0.15) is 0 Å². The van der Waals surface area contributed by atoms with Crippen LogP contribution in [0.2, 0.25) is 10.0 Å². The van der Waals surface area contributed by atoms with Crippen molar-refractivity contribution in [2.75, 3.05) is 27.9 Å². The lowest BCUT2D eigenvalue weighted by atomic mass is 9.84. The lowest BCUT2D eigenvalue weighted by Gasteiger charge is -2.31. The van der Waals surface area contributed by atoms with E-state index in [0.29, 0.717) is 52.1 Å². The van der Waals surface area contributed by atoms with Gasteiger partial charge in [0.1, 0.15) is 0 Å². The van der Waals surface area contributed by atoms with Crippen molar-refractivity contribution < 1.29 is 24.1 Å². The number of aliphatic hydroxyl groups is 1. The van der Waals surface area contributed by atoms with Gasteiger partial charge < -0.3 is 19.3 Å². The third-order valence-electron chi connectivity index (χ3n) is 5.81. The molecule has 2 atom stereocenters. The van der Waals surface area contributed by atoms with Crippen LogP contribution in [0.1, 0.15) is 41.6 Å². The van der Waals surface area contributed by atoms with Crippen LogP contribution in [0.5, 0.6) is 17.2 Å². The average Bonchev–Trinajstić information content (AvgIpc) is 3.23. The Morgan fingerprint density at radius 1 is 1.10 bits per heavy atom. The maximum absolute atomic E-state index is 13.4. The SMILES string of the molecule is COc1cc(C(=O)C2CCC(CCCO)(c3ccc(Cl)c(Cl)c3)N2)cc(OC)c1OC. The van der Waals surface area contributed by atoms with Gasteiger partial charge in [0.15, 0.2) is 17.3 Å². The minimum atomic E-state index is -0.474. The second-order valence-electron chi connectivity index (χ2n) is 7.55. The molecule has 0 radical (unpaired) electrons. The molecule has 2 aromatic rings. The third kappa shape index (κ3) is 4.77. The highest BCUT2D eigenvalue weighted by Crippen LogP contribution is 2.42. The van der Waals surface area contributed by atoms with E-state index in [2.05, 4.69) is 5.32 Å². The first-order chi connectivity index (χ1) is 14.9. The number of Topliss-reactive ketones (excluding diaryl/α,β-unsaturated/α-hetero) is 1. The molecule has 3 rings (SSSR count). The lowest BCUT2D eigenvalue weighted by Crippen LogP contribution is -2.43. The molecule has 1 fully saturated rings. The molecule has 0 saturated carbocycles. The number of hydrogen-bond donors (Lipinski definition) is 2. The summed E-state index contributed by atoms with van der Waals surface area (Å²) in [5.74, 6) is 1.23. The number of benzene rings is 2. The van der Waals surface area contributed by atoms with E-state index in [0.717, 1.165) is 12.0 Å². The van der Waals surface area contributed by atoms with Crippen LogP contribution >= 0.6 is 23.2 Å². The van der Waals surface area contributed by atoms with E-state index in [-0.39, 0.29) is 12.4 Å². The Bertz CT molecular complexity index is 927. The van der Waals surface area contributed by atoms with Gasteiger partial charge in [-0.05, 0) is 55.5 Å². The van der Waals surface area contributed by atoms with Crippen LogP contribution in [0, 0.1) is 0 Å². The smallest absolute Gasteiger partial charge is 0.203 e. The molecule has 168 valence electrons. The first-order valence-corrected chi connectivity index (χ1v) is 10.8. The van der Waals surface area contributed by atoms with Crippen molar-refractivity contribution in [1.29, 1.82) is 0 Å². The lowest BCUT2D eigenvalue weighted by molar-refractivity contribution is 0.0941. The second-order valence-corrected chi connectivity index (χ2v) is 8.37. The molecular formula is C23H27Cl2NO5. The van der Waals surface area contributed by atoms with Crippen LogP contribution in [-0.4, -0.2) is 44.9 Å². The van der Waals surface area contributed by atoms with Gasteiger partial charge in [-0.1, -0.05) is 29.3 Å². The van der Waals surface area contributed by atoms with Crippen LogP contribution in [-0.2, 0) is 5.54 Å². The highest BCUT2D eigenvalue weighted by molar-refractivity contribution is 6.42. The quantitative estimate of drug-likeness (QED) is 0.523. The summed E-state index contributed by atoms with van der Waals surface area (Å²) in [6, 6.07) is 8.44. The molecule has 2 aromatic carbocycles. The van der Waals surface area contributed by atoms with Gasteiger partial charge in [0.2, 0.25) is 5.75 Å². The first kappa shape index (κ1) is 23.7. The molecule has 1 heterocycles. The Kier molecular flexibility index (Phi) is 7.70. The van der Waals surface area contributed by atoms with E-state index in [4.69, 9.17) is 37.4 Å². The van der Waals surface area contributed by atoms with Crippen LogP contribution < -0.4 is 19.5 Å². The van der Waals surface area contributed by atoms with E-state index in [1.807, 2.05) is 12.1 Å². The zero-order valence-corrected chi connectivity index (χ0v) is 19.3. The molecular weight excluding hydrogens is 441 g/mol. The number of carbonyl (C=O) groups is 1. The van der Waals surface area contributed by atoms with E-state index >= 15 is 0 Å². The van der Waals surface area contributed by atoms with Gasteiger partial charge in [0, 0.05) is 17.7 Å². The summed E-state index contributed by atoms with van der Waals surface area (Å²) in [6.07, 6.45) is 2.63. The molecule has 0 spiro atoms. The van der Waals surface area contributed by atoms with Gasteiger partial charge in [0.05, 0.1) is 37.4 Å². The summed E-state index contributed by atoms with van der Waals surface area (Å²) in [5, 5.41) is 13.9. The van der Waals surface area contributed by atoms with Crippen molar-refractivity contribution in [3.8, 4) is 17.2 Å². The Balaban J connectivity index is 1.92. The summed E-state index contributed by atoms with van der Waals surface area (Å²) in [4.78, 5) is 13.4. The summed E-state index contributed by atoms with van der Waals surface area (Å²) < 4.78 is 16.1. The predicted octanol–water partition coefficient (Wildman–Crippen LogP) is 4.62. The fourth-order valence-electron chi connectivity index (χ4n) is 4.23. The van der Waals surface area contributed by atoms with Crippen LogP contribution in [0.25, 0.3) is 0 Å². The van der Waals surface area contributed by atoms with E-state index in [1.165, 1.54) is 21.3 Å². The number of ketones is 1. The molecule has 6 nitrogen and oxygen atoms in total. The molecule has 2 unspecified atom stereocenters. The first-order valence-electron chi connectivity index (χ1n) is 10.1. The number of rotatable bonds is 9. The summed E-state index contributed by atoms with van der Waals surface area (Å²) in [6.45, 7) is 0.0657. The summed E-state index contributed by atoms with van der Waals surface area (Å²) in [5.41, 5.74) is 0.951. The maximum atomic E-state index is 13.4. The number of aliphatic hydroxyl groups excluding tert-OH is 1. The summed E-state index contributed by atoms with van der Waals surface area (Å²) in [7, 11) is 4.56. The topological polar surface area (TPSA) is 77.0 Å². The zero-order chi connectivity index (χ0) is 22.6. The van der Waals surface area contributed by atoms with Crippen molar-refractivity contribution in [2.24, 2.45) is 0 Å². The van der Waals surface area contributed by atoms with Crippen LogP contribution in [0.3, 0.4) is 0 Å². The monoisotopic (exact) mass is 467 g/mol. The van der Waals surface area contributed by atoms with Crippen molar-refractivity contribution in [3.63, 3.8) is 0 Å². The molecule has 0 aliphatic carbocycles. The molecule has 0 aromatic heterocycles. The number of nitrogens with one attached hydrogen (secondary N) is 1.